The Hall–Kier alpha value is -3.01. The normalized spacial score (nSPS) is 17.8. The second kappa shape index (κ2) is 9.86. The summed E-state index contributed by atoms with van der Waals surface area (Å²) in [6.07, 6.45) is 6.44. The average molecular weight is 460 g/mol. The van der Waals surface area contributed by atoms with Gasteiger partial charge in [0.1, 0.15) is 12.1 Å². The lowest BCUT2D eigenvalue weighted by Crippen LogP contribution is -2.32. The molecule has 3 amide bonds. The number of imide groups is 1. The van der Waals surface area contributed by atoms with Crippen molar-refractivity contribution in [2.45, 2.75) is 57.6 Å². The monoisotopic (exact) mass is 459 g/mol. The van der Waals surface area contributed by atoms with E-state index in [1.807, 2.05) is 6.92 Å². The Balaban J connectivity index is 1.37. The Labute approximate surface area is 191 Å². The van der Waals surface area contributed by atoms with Gasteiger partial charge in [-0.3, -0.25) is 10.1 Å². The van der Waals surface area contributed by atoms with Crippen molar-refractivity contribution in [1.82, 2.24) is 25.2 Å². The van der Waals surface area contributed by atoms with Crippen LogP contribution >= 0.6 is 0 Å². The molecule has 33 heavy (non-hydrogen) atoms. The first-order valence-corrected chi connectivity index (χ1v) is 11.5. The highest BCUT2D eigenvalue weighted by atomic mass is 19.1. The molecule has 178 valence electrons. The van der Waals surface area contributed by atoms with E-state index < -0.39 is 11.4 Å². The summed E-state index contributed by atoms with van der Waals surface area (Å²) in [6.45, 7) is 3.14. The molecule has 4 rings (SSSR count). The van der Waals surface area contributed by atoms with Gasteiger partial charge in [0.05, 0.1) is 25.0 Å². The van der Waals surface area contributed by atoms with Crippen molar-refractivity contribution in [3.63, 3.8) is 0 Å². The molecule has 0 radical (unpaired) electrons. The fourth-order valence-electron chi connectivity index (χ4n) is 3.93. The Morgan fingerprint density at radius 2 is 2.12 bits per heavy atom. The lowest BCUT2D eigenvalue weighted by Gasteiger charge is -2.28. The topological polar surface area (TPSA) is 110 Å². The molecule has 1 aromatic carbocycles. The Morgan fingerprint density at radius 3 is 2.82 bits per heavy atom. The average Bonchev–Trinajstić information content (AvgIpc) is 3.44. The first-order valence-electron chi connectivity index (χ1n) is 11.5. The minimum Gasteiger partial charge on any atom is -0.490 e. The highest BCUT2D eigenvalue weighted by Gasteiger charge is 2.31. The zero-order valence-electron chi connectivity index (χ0n) is 18.8. The molecule has 1 aliphatic carbocycles. The third-order valence-corrected chi connectivity index (χ3v) is 6.31. The van der Waals surface area contributed by atoms with Crippen LogP contribution in [-0.4, -0.2) is 56.6 Å². The highest BCUT2D eigenvalue weighted by molar-refractivity contribution is 6.01. The number of halogens is 1. The van der Waals surface area contributed by atoms with Gasteiger partial charge in [0.25, 0.3) is 0 Å². The van der Waals surface area contributed by atoms with E-state index in [2.05, 4.69) is 15.6 Å². The van der Waals surface area contributed by atoms with Gasteiger partial charge in [0.2, 0.25) is 5.91 Å². The molecule has 2 heterocycles. The molecule has 1 atom stereocenters. The molecule has 0 bridgehead atoms. The minimum absolute atomic E-state index is 0.103. The lowest BCUT2D eigenvalue weighted by atomic mass is 9.90. The van der Waals surface area contributed by atoms with Crippen LogP contribution in [0, 0.1) is 11.7 Å². The van der Waals surface area contributed by atoms with Gasteiger partial charge in [-0.05, 0) is 62.1 Å². The molecule has 2 aromatic rings. The van der Waals surface area contributed by atoms with Crippen molar-refractivity contribution in [1.29, 1.82) is 0 Å². The van der Waals surface area contributed by atoms with Crippen molar-refractivity contribution in [3.8, 4) is 5.75 Å². The number of carbonyl (C=O) groups excluding carboxylic acids is 2. The number of aromatic nitrogens is 3. The predicted octanol–water partition coefficient (Wildman–Crippen LogP) is 2.38. The zero-order valence-corrected chi connectivity index (χ0v) is 18.8. The number of aryl methyl sites for hydroxylation is 1. The predicted molar refractivity (Wildman–Crippen MR) is 117 cm³/mol. The van der Waals surface area contributed by atoms with E-state index in [4.69, 9.17) is 4.74 Å². The van der Waals surface area contributed by atoms with Crippen molar-refractivity contribution < 1.29 is 23.8 Å². The van der Waals surface area contributed by atoms with Crippen molar-refractivity contribution >= 4 is 11.9 Å². The maximum Gasteiger partial charge on any atom is 0.324 e. The third-order valence-electron chi connectivity index (χ3n) is 6.31. The van der Waals surface area contributed by atoms with Crippen LogP contribution in [0.15, 0.2) is 24.4 Å². The summed E-state index contributed by atoms with van der Waals surface area (Å²) in [5.41, 5.74) is 0.168. The second-order valence-corrected chi connectivity index (χ2v) is 8.90. The standard InChI is InChI=1S/C23H30FN5O4/c1-2-23(32,17-8-9-19(24)20(11-17)33-14-16-6-7-16)15-29-18(12-25-27-29)5-3-4-10-28-13-21(30)26-22(28)31/h8-9,11-12,16,32H,2-7,10,13-15H2,1H3,(H,26,30,31)/t23-/m1/s1. The lowest BCUT2D eigenvalue weighted by molar-refractivity contribution is -0.118. The summed E-state index contributed by atoms with van der Waals surface area (Å²) in [4.78, 5) is 24.4. The van der Waals surface area contributed by atoms with Gasteiger partial charge >= 0.3 is 6.03 Å². The Morgan fingerprint density at radius 1 is 1.30 bits per heavy atom. The molecule has 0 spiro atoms. The molecular weight excluding hydrogens is 429 g/mol. The quantitative estimate of drug-likeness (QED) is 0.373. The van der Waals surface area contributed by atoms with Crippen molar-refractivity contribution in [3.05, 3.63) is 41.5 Å². The summed E-state index contributed by atoms with van der Waals surface area (Å²) in [5, 5.41) is 21.8. The van der Waals surface area contributed by atoms with Gasteiger partial charge in [-0.25, -0.2) is 13.9 Å². The number of carbonyl (C=O) groups is 2. The molecule has 1 aromatic heterocycles. The van der Waals surface area contributed by atoms with E-state index in [1.54, 1.807) is 23.0 Å². The number of benzene rings is 1. The maximum absolute atomic E-state index is 14.2. The van der Waals surface area contributed by atoms with Crippen molar-refractivity contribution in [2.24, 2.45) is 5.92 Å². The van der Waals surface area contributed by atoms with E-state index in [9.17, 15) is 19.1 Å². The van der Waals surface area contributed by atoms with E-state index in [-0.39, 0.29) is 30.8 Å². The number of unbranched alkanes of at least 4 members (excludes halogenated alkanes) is 1. The van der Waals surface area contributed by atoms with Crippen LogP contribution < -0.4 is 10.1 Å². The van der Waals surface area contributed by atoms with E-state index in [0.29, 0.717) is 37.5 Å². The molecule has 1 saturated heterocycles. The van der Waals surface area contributed by atoms with Crippen molar-refractivity contribution in [2.75, 3.05) is 19.7 Å². The summed E-state index contributed by atoms with van der Waals surface area (Å²) < 4.78 is 21.5. The fraction of sp³-hybridized carbons (Fsp3) is 0.565. The maximum atomic E-state index is 14.2. The summed E-state index contributed by atoms with van der Waals surface area (Å²) in [6, 6.07) is 4.15. The van der Waals surface area contributed by atoms with Crippen LogP contribution in [0.3, 0.4) is 0 Å². The second-order valence-electron chi connectivity index (χ2n) is 8.90. The molecule has 10 heteroatoms. The fourth-order valence-corrected chi connectivity index (χ4v) is 3.93. The van der Waals surface area contributed by atoms with E-state index in [0.717, 1.165) is 31.4 Å². The van der Waals surface area contributed by atoms with Gasteiger partial charge in [-0.1, -0.05) is 18.2 Å². The summed E-state index contributed by atoms with van der Waals surface area (Å²) in [5.74, 6) is -0.0543. The number of aliphatic hydroxyl groups is 1. The number of nitrogens with zero attached hydrogens (tertiary/aromatic N) is 4. The number of amides is 3. The van der Waals surface area contributed by atoms with Gasteiger partial charge in [-0.2, -0.15) is 0 Å². The molecular formula is C23H30FN5O4. The van der Waals surface area contributed by atoms with Gasteiger partial charge in [-0.15, -0.1) is 5.10 Å². The number of nitrogens with one attached hydrogen (secondary N) is 1. The Kier molecular flexibility index (Phi) is 6.92. The molecule has 0 unspecified atom stereocenters. The first kappa shape index (κ1) is 23.2. The van der Waals surface area contributed by atoms with E-state index in [1.165, 1.54) is 11.0 Å². The highest BCUT2D eigenvalue weighted by Crippen LogP contribution is 2.33. The molecule has 1 aliphatic heterocycles. The van der Waals surface area contributed by atoms with Gasteiger partial charge in [0.15, 0.2) is 11.6 Å². The minimum atomic E-state index is -1.26. The van der Waals surface area contributed by atoms with Crippen LogP contribution in [0.25, 0.3) is 0 Å². The first-order chi connectivity index (χ1) is 15.9. The van der Waals surface area contributed by atoms with Crippen LogP contribution in [0.2, 0.25) is 0 Å². The number of urea groups is 1. The number of hydrogen-bond donors (Lipinski definition) is 2. The third kappa shape index (κ3) is 5.68. The number of ether oxygens (including phenoxy) is 1. The van der Waals surface area contributed by atoms with Crippen LogP contribution in [0.5, 0.6) is 5.75 Å². The zero-order chi connectivity index (χ0) is 23.4. The smallest absolute Gasteiger partial charge is 0.324 e. The summed E-state index contributed by atoms with van der Waals surface area (Å²) >= 11 is 0. The van der Waals surface area contributed by atoms with Crippen LogP contribution in [0.4, 0.5) is 9.18 Å². The largest absolute Gasteiger partial charge is 0.490 e. The van der Waals surface area contributed by atoms with Gasteiger partial charge < -0.3 is 14.7 Å². The Bertz CT molecular complexity index is 1010. The molecule has 1 saturated carbocycles. The molecule has 2 N–H and O–H groups in total. The number of rotatable bonds is 12. The molecule has 9 nitrogen and oxygen atoms in total. The summed E-state index contributed by atoms with van der Waals surface area (Å²) in [7, 11) is 0. The molecule has 2 aliphatic rings. The van der Waals surface area contributed by atoms with Crippen LogP contribution in [-0.2, 0) is 23.4 Å². The molecule has 2 fully saturated rings. The van der Waals surface area contributed by atoms with Crippen LogP contribution in [0.1, 0.15) is 50.3 Å². The van der Waals surface area contributed by atoms with Gasteiger partial charge in [0, 0.05) is 6.54 Å². The number of hydrogen-bond acceptors (Lipinski definition) is 6. The SMILES string of the molecule is CC[C@@](O)(Cn1nncc1CCCCN1CC(=O)NC1=O)c1ccc(F)c(OCC2CC2)c1. The van der Waals surface area contributed by atoms with E-state index >= 15 is 0 Å².